The minimum Gasteiger partial charge on any atom is -0.508 e. The number of phenolic OH excluding ortho intramolecular Hbond substituents is 1. The van der Waals surface area contributed by atoms with Crippen LogP contribution in [-0.4, -0.2) is 42.1 Å². The number of aliphatic hydroxyl groups is 1. The zero-order chi connectivity index (χ0) is 24.9. The van der Waals surface area contributed by atoms with Crippen LogP contribution in [0.3, 0.4) is 0 Å². The van der Waals surface area contributed by atoms with E-state index in [0.717, 1.165) is 17.0 Å². The van der Waals surface area contributed by atoms with Gasteiger partial charge in [0.25, 0.3) is 11.7 Å². The molecule has 3 aromatic rings. The molecule has 35 heavy (non-hydrogen) atoms. The maximum absolute atomic E-state index is 14.8. The number of ether oxygens (including phenoxy) is 1. The molecular weight excluding hydrogens is 458 g/mol. The number of ketones is 1. The second kappa shape index (κ2) is 8.43. The molecule has 1 fully saturated rings. The predicted octanol–water partition coefficient (Wildman–Crippen LogP) is 4.13. The Bertz CT molecular complexity index is 1400. The summed E-state index contributed by atoms with van der Waals surface area (Å²) in [6.07, 6.45) is 0. The number of benzene rings is 3. The van der Waals surface area contributed by atoms with E-state index in [1.807, 2.05) is 11.9 Å². The van der Waals surface area contributed by atoms with Crippen molar-refractivity contribution in [2.24, 2.45) is 0 Å². The summed E-state index contributed by atoms with van der Waals surface area (Å²) in [6, 6.07) is 11.9. The number of fused-ring (bicyclic) bond motifs is 1. The third kappa shape index (κ3) is 3.74. The number of carbonyl (C=O) groups excluding carboxylic acids is 2. The number of nitrogens with zero attached hydrogens (tertiary/aromatic N) is 2. The molecule has 0 aromatic heterocycles. The first-order valence-corrected chi connectivity index (χ1v) is 10.8. The third-order valence-corrected chi connectivity index (χ3v) is 6.13. The third-order valence-electron chi connectivity index (χ3n) is 6.13. The van der Waals surface area contributed by atoms with E-state index in [1.54, 1.807) is 18.2 Å². The molecule has 3 aromatic carbocycles. The zero-order valence-corrected chi connectivity index (χ0v) is 18.5. The first kappa shape index (κ1) is 22.4. The van der Waals surface area contributed by atoms with Gasteiger partial charge in [0.1, 0.15) is 35.5 Å². The van der Waals surface area contributed by atoms with Crippen LogP contribution in [0.2, 0.25) is 0 Å². The Hall–Kier alpha value is -4.40. The molecule has 0 spiro atoms. The lowest BCUT2D eigenvalue weighted by Crippen LogP contribution is -2.30. The van der Waals surface area contributed by atoms with Crippen LogP contribution < -0.4 is 14.5 Å². The molecule has 2 aliphatic heterocycles. The SMILES string of the molecule is CN1CCOc2ccc(/C(O)=C3/C(=O)C(=O)N(c4ccc(F)cc4F)C3c3cccc(O)c3)cc21. The van der Waals surface area contributed by atoms with Gasteiger partial charge < -0.3 is 19.8 Å². The second-order valence-electron chi connectivity index (χ2n) is 8.31. The summed E-state index contributed by atoms with van der Waals surface area (Å²) in [6.45, 7) is 1.12. The van der Waals surface area contributed by atoms with Crippen LogP contribution in [-0.2, 0) is 9.59 Å². The van der Waals surface area contributed by atoms with Gasteiger partial charge >= 0.3 is 0 Å². The highest BCUT2D eigenvalue weighted by Gasteiger charge is 2.48. The lowest BCUT2D eigenvalue weighted by molar-refractivity contribution is -0.132. The lowest BCUT2D eigenvalue weighted by atomic mass is 9.94. The number of Topliss-reactive ketones (excluding diaryl/α,β-unsaturated/α-hetero) is 1. The number of amides is 1. The Morgan fingerprint density at radius 1 is 1.03 bits per heavy atom. The first-order chi connectivity index (χ1) is 16.8. The fourth-order valence-corrected chi connectivity index (χ4v) is 4.42. The maximum atomic E-state index is 14.8. The van der Waals surface area contributed by atoms with Gasteiger partial charge in [-0.1, -0.05) is 12.1 Å². The van der Waals surface area contributed by atoms with E-state index in [0.29, 0.717) is 30.7 Å². The minimum absolute atomic E-state index is 0.153. The summed E-state index contributed by atoms with van der Waals surface area (Å²) in [4.78, 5) is 29.1. The van der Waals surface area contributed by atoms with E-state index < -0.39 is 35.1 Å². The van der Waals surface area contributed by atoms with E-state index in [1.165, 1.54) is 24.3 Å². The van der Waals surface area contributed by atoms with Crippen LogP contribution >= 0.6 is 0 Å². The molecule has 5 rings (SSSR count). The Labute approximate surface area is 199 Å². The number of hydrogen-bond donors (Lipinski definition) is 2. The molecule has 0 aliphatic carbocycles. The van der Waals surface area contributed by atoms with Crippen molar-refractivity contribution in [2.75, 3.05) is 30.0 Å². The van der Waals surface area contributed by atoms with E-state index in [2.05, 4.69) is 0 Å². The number of carbonyl (C=O) groups is 2. The minimum atomic E-state index is -1.27. The van der Waals surface area contributed by atoms with Crippen molar-refractivity contribution in [1.82, 2.24) is 0 Å². The summed E-state index contributed by atoms with van der Waals surface area (Å²) < 4.78 is 34.0. The largest absolute Gasteiger partial charge is 0.508 e. The Balaban J connectivity index is 1.72. The Kier molecular flexibility index (Phi) is 5.39. The van der Waals surface area contributed by atoms with E-state index in [9.17, 15) is 28.6 Å². The molecule has 9 heteroatoms. The molecule has 2 heterocycles. The van der Waals surface area contributed by atoms with Crippen LogP contribution in [0, 0.1) is 11.6 Å². The predicted molar refractivity (Wildman–Crippen MR) is 124 cm³/mol. The monoisotopic (exact) mass is 478 g/mol. The van der Waals surface area contributed by atoms with Crippen LogP contribution in [0.1, 0.15) is 17.2 Å². The van der Waals surface area contributed by atoms with Gasteiger partial charge in [0.2, 0.25) is 0 Å². The molecule has 0 saturated carbocycles. The highest BCUT2D eigenvalue weighted by molar-refractivity contribution is 6.51. The van der Waals surface area contributed by atoms with Gasteiger partial charge in [-0.15, -0.1) is 0 Å². The molecule has 178 valence electrons. The van der Waals surface area contributed by atoms with Crippen molar-refractivity contribution in [3.05, 3.63) is 89.0 Å². The molecule has 0 bridgehead atoms. The molecule has 0 radical (unpaired) electrons. The van der Waals surface area contributed by atoms with Crippen molar-refractivity contribution >= 4 is 28.8 Å². The highest BCUT2D eigenvalue weighted by Crippen LogP contribution is 2.44. The number of aliphatic hydroxyl groups excluding tert-OH is 1. The van der Waals surface area contributed by atoms with Crippen LogP contribution in [0.5, 0.6) is 11.5 Å². The Morgan fingerprint density at radius 2 is 1.83 bits per heavy atom. The second-order valence-corrected chi connectivity index (χ2v) is 8.31. The van der Waals surface area contributed by atoms with Crippen LogP contribution in [0.15, 0.2) is 66.2 Å². The quantitative estimate of drug-likeness (QED) is 0.334. The van der Waals surface area contributed by atoms with Crippen molar-refractivity contribution in [3.8, 4) is 11.5 Å². The smallest absolute Gasteiger partial charge is 0.300 e. The van der Waals surface area contributed by atoms with Gasteiger partial charge in [0.15, 0.2) is 0 Å². The van der Waals surface area contributed by atoms with Gasteiger partial charge in [-0.05, 0) is 48.0 Å². The standard InChI is InChI=1S/C26H20F2N2O5/c1-29-9-10-35-21-8-5-15(12-20(21)29)24(32)22-23(14-3-2-4-17(31)11-14)30(26(34)25(22)33)19-7-6-16(27)13-18(19)28/h2-8,11-13,23,31-32H,9-10H2,1H3/b24-22-. The van der Waals surface area contributed by atoms with Crippen LogP contribution in [0.4, 0.5) is 20.2 Å². The molecule has 1 saturated heterocycles. The summed E-state index contributed by atoms with van der Waals surface area (Å²) in [5.74, 6) is -4.05. The van der Waals surface area contributed by atoms with E-state index in [4.69, 9.17) is 4.74 Å². The van der Waals surface area contributed by atoms with Gasteiger partial charge in [0, 0.05) is 18.7 Å². The molecular formula is C26H20F2N2O5. The van der Waals surface area contributed by atoms with Crippen LogP contribution in [0.25, 0.3) is 5.76 Å². The normalized spacial score (nSPS) is 19.0. The lowest BCUT2D eigenvalue weighted by Gasteiger charge is -2.28. The van der Waals surface area contributed by atoms with Gasteiger partial charge in [-0.2, -0.15) is 0 Å². The molecule has 1 unspecified atom stereocenters. The van der Waals surface area contributed by atoms with Crippen molar-refractivity contribution < 1.29 is 33.3 Å². The fourth-order valence-electron chi connectivity index (χ4n) is 4.42. The Morgan fingerprint density at radius 3 is 2.57 bits per heavy atom. The number of likely N-dealkylation sites (N-methyl/N-ethyl adjacent to an activating group) is 1. The van der Waals surface area contributed by atoms with Gasteiger partial charge in [0.05, 0.1) is 29.5 Å². The number of rotatable bonds is 3. The average Bonchev–Trinajstić information content (AvgIpc) is 3.09. The summed E-state index contributed by atoms with van der Waals surface area (Å²) >= 11 is 0. The molecule has 1 amide bonds. The maximum Gasteiger partial charge on any atom is 0.300 e. The van der Waals surface area contributed by atoms with E-state index in [-0.39, 0.29) is 28.1 Å². The van der Waals surface area contributed by atoms with Crippen molar-refractivity contribution in [2.45, 2.75) is 6.04 Å². The summed E-state index contributed by atoms with van der Waals surface area (Å²) in [5.41, 5.74) is 0.577. The molecule has 2 N–H and O–H groups in total. The number of aromatic hydroxyl groups is 1. The van der Waals surface area contributed by atoms with Gasteiger partial charge in [-0.3, -0.25) is 14.5 Å². The number of hydrogen-bond acceptors (Lipinski definition) is 6. The number of phenols is 1. The van der Waals surface area contributed by atoms with Crippen molar-refractivity contribution in [1.29, 1.82) is 0 Å². The first-order valence-electron chi connectivity index (χ1n) is 10.8. The topological polar surface area (TPSA) is 90.3 Å². The van der Waals surface area contributed by atoms with Crippen molar-refractivity contribution in [3.63, 3.8) is 0 Å². The van der Waals surface area contributed by atoms with E-state index >= 15 is 0 Å². The molecule has 7 nitrogen and oxygen atoms in total. The number of anilines is 2. The number of halogens is 2. The van der Waals surface area contributed by atoms with Gasteiger partial charge in [-0.25, -0.2) is 8.78 Å². The summed E-state index contributed by atoms with van der Waals surface area (Å²) in [5, 5.41) is 21.3. The molecule has 1 atom stereocenters. The average molecular weight is 478 g/mol. The fraction of sp³-hybridized carbons (Fsp3) is 0.154. The highest BCUT2D eigenvalue weighted by atomic mass is 19.1. The zero-order valence-electron chi connectivity index (χ0n) is 18.5. The molecule has 2 aliphatic rings. The summed E-state index contributed by atoms with van der Waals surface area (Å²) in [7, 11) is 1.86.